The largest absolute Gasteiger partial charge is 0.392 e. The van der Waals surface area contributed by atoms with Crippen LogP contribution in [0.3, 0.4) is 0 Å². The molecule has 0 radical (unpaired) electrons. The minimum atomic E-state index is 0.0303. The van der Waals surface area contributed by atoms with Crippen molar-refractivity contribution in [3.63, 3.8) is 0 Å². The van der Waals surface area contributed by atoms with Crippen molar-refractivity contribution >= 4 is 17.4 Å². The predicted molar refractivity (Wildman–Crippen MR) is 192 cm³/mol. The number of carbonyl (C=O) groups is 2. The average molecular weight is 645 g/mol. The second-order valence-electron chi connectivity index (χ2n) is 12.7. The quantitative estimate of drug-likeness (QED) is 0.150. The van der Waals surface area contributed by atoms with Crippen molar-refractivity contribution in [1.29, 1.82) is 0 Å². The summed E-state index contributed by atoms with van der Waals surface area (Å²) < 4.78 is 0. The summed E-state index contributed by atoms with van der Waals surface area (Å²) in [4.78, 5) is 23.9. The van der Waals surface area contributed by atoms with Crippen LogP contribution in [0.25, 0.3) is 5.57 Å². The molecule has 2 aliphatic rings. The normalized spacial score (nSPS) is 16.6. The first-order valence-electron chi connectivity index (χ1n) is 17.3. The van der Waals surface area contributed by atoms with E-state index in [-0.39, 0.29) is 37.0 Å². The van der Waals surface area contributed by atoms with Crippen LogP contribution in [0.1, 0.15) is 90.0 Å². The van der Waals surface area contributed by atoms with Crippen molar-refractivity contribution in [2.75, 3.05) is 0 Å². The Bertz CT molecular complexity index is 1710. The first kappa shape index (κ1) is 34.8. The van der Waals surface area contributed by atoms with Crippen LogP contribution in [0.4, 0.5) is 0 Å². The Labute approximate surface area is 284 Å². The van der Waals surface area contributed by atoms with E-state index in [0.717, 1.165) is 60.9 Å². The third-order valence-corrected chi connectivity index (χ3v) is 9.49. The number of hydrogen-bond acceptors (Lipinski definition) is 4. The summed E-state index contributed by atoms with van der Waals surface area (Å²) in [6.45, 7) is 3.84. The molecule has 6 nitrogen and oxygen atoms in total. The molecule has 0 spiro atoms. The summed E-state index contributed by atoms with van der Waals surface area (Å²) in [5.74, 6) is 0.412. The van der Waals surface area contributed by atoms with Gasteiger partial charge in [-0.3, -0.25) is 9.59 Å². The van der Waals surface area contributed by atoms with Gasteiger partial charge in [0.1, 0.15) is 0 Å². The lowest BCUT2D eigenvalue weighted by molar-refractivity contribution is -0.122. The Morgan fingerprint density at radius 1 is 0.688 bits per heavy atom. The van der Waals surface area contributed by atoms with Crippen LogP contribution >= 0.6 is 0 Å². The van der Waals surface area contributed by atoms with Gasteiger partial charge in [0.15, 0.2) is 0 Å². The van der Waals surface area contributed by atoms with Gasteiger partial charge >= 0.3 is 0 Å². The maximum Gasteiger partial charge on any atom is 0.223 e. The average Bonchev–Trinajstić information content (AvgIpc) is 3.14. The summed E-state index contributed by atoms with van der Waals surface area (Å²) in [6, 6.07) is 33.3. The van der Waals surface area contributed by atoms with Gasteiger partial charge in [0.2, 0.25) is 11.8 Å². The lowest BCUT2D eigenvalue weighted by Gasteiger charge is -2.35. The van der Waals surface area contributed by atoms with Crippen LogP contribution in [-0.4, -0.2) is 28.1 Å². The third kappa shape index (κ3) is 8.88. The van der Waals surface area contributed by atoms with Crippen molar-refractivity contribution in [2.24, 2.45) is 0 Å². The number of hydrogen-bond donors (Lipinski definition) is 4. The second kappa shape index (κ2) is 17.0. The van der Waals surface area contributed by atoms with E-state index in [2.05, 4.69) is 71.3 Å². The minimum Gasteiger partial charge on any atom is -0.392 e. The molecule has 0 unspecified atom stereocenters. The molecule has 2 aliphatic carbocycles. The lowest BCUT2D eigenvalue weighted by atomic mass is 9.75. The van der Waals surface area contributed by atoms with Gasteiger partial charge in [0.05, 0.1) is 13.2 Å². The minimum absolute atomic E-state index is 0.0303. The van der Waals surface area contributed by atoms with Crippen molar-refractivity contribution in [1.82, 2.24) is 10.6 Å². The topological polar surface area (TPSA) is 98.7 Å². The maximum absolute atomic E-state index is 12.0. The monoisotopic (exact) mass is 644 g/mol. The van der Waals surface area contributed by atoms with Crippen molar-refractivity contribution in [3.05, 3.63) is 147 Å². The predicted octanol–water partition coefficient (Wildman–Crippen LogP) is 6.95. The van der Waals surface area contributed by atoms with E-state index in [1.165, 1.54) is 33.4 Å². The molecule has 250 valence electrons. The smallest absolute Gasteiger partial charge is 0.223 e. The molecule has 2 atom stereocenters. The van der Waals surface area contributed by atoms with Gasteiger partial charge in [0.25, 0.3) is 0 Å². The van der Waals surface area contributed by atoms with Crippen molar-refractivity contribution in [3.8, 4) is 0 Å². The highest BCUT2D eigenvalue weighted by Crippen LogP contribution is 2.36. The first-order chi connectivity index (χ1) is 23.4. The number of aliphatic hydroxyl groups excluding tert-OH is 2. The van der Waals surface area contributed by atoms with E-state index in [1.54, 1.807) is 0 Å². The van der Waals surface area contributed by atoms with Gasteiger partial charge in [-0.25, -0.2) is 0 Å². The van der Waals surface area contributed by atoms with Crippen molar-refractivity contribution in [2.45, 2.75) is 90.4 Å². The molecule has 6 rings (SSSR count). The number of fused-ring (bicyclic) bond motifs is 2. The van der Waals surface area contributed by atoms with Gasteiger partial charge in [-0.1, -0.05) is 105 Å². The zero-order chi connectivity index (χ0) is 33.9. The van der Waals surface area contributed by atoms with Gasteiger partial charge in [0, 0.05) is 30.5 Å². The first-order valence-corrected chi connectivity index (χ1v) is 17.3. The molecule has 0 aliphatic heterocycles. The van der Waals surface area contributed by atoms with Crippen LogP contribution in [0, 0.1) is 0 Å². The van der Waals surface area contributed by atoms with E-state index < -0.39 is 0 Å². The number of aliphatic hydroxyl groups is 2. The van der Waals surface area contributed by atoms with Gasteiger partial charge in [-0.05, 0) is 94.7 Å². The van der Waals surface area contributed by atoms with Gasteiger partial charge < -0.3 is 20.8 Å². The van der Waals surface area contributed by atoms with Crippen LogP contribution in [0.5, 0.6) is 0 Å². The number of amides is 2. The van der Waals surface area contributed by atoms with Gasteiger partial charge in [-0.2, -0.15) is 0 Å². The highest BCUT2D eigenvalue weighted by Gasteiger charge is 2.31. The molecule has 4 aromatic rings. The molecule has 4 N–H and O–H groups in total. The molecule has 0 fully saturated rings. The van der Waals surface area contributed by atoms with Gasteiger partial charge in [-0.15, -0.1) is 0 Å². The zero-order valence-electron chi connectivity index (χ0n) is 28.2. The molecule has 0 bridgehead atoms. The molecule has 0 saturated heterocycles. The van der Waals surface area contributed by atoms with E-state index in [0.29, 0.717) is 12.8 Å². The molecule has 48 heavy (non-hydrogen) atoms. The molecule has 4 aromatic carbocycles. The Morgan fingerprint density at radius 2 is 1.31 bits per heavy atom. The van der Waals surface area contributed by atoms with E-state index >= 15 is 0 Å². The standard InChI is InChI=1S/C21H25NO2.C21H23NO2/c2*1-2-21(24)22-20-11-10-17-9-8-16(14-23)13-18(17)19(20)12-15-6-4-3-5-7-15/h3-9,13,19-20,23H,2,10-12,14H2,1H3,(H,22,24);3-9,13,23H,2,10-12,14H2,1H3,(H,22,24)/t19-,20+;/m1./s1. The van der Waals surface area contributed by atoms with Crippen LogP contribution in [-0.2, 0) is 48.5 Å². The van der Waals surface area contributed by atoms with Crippen LogP contribution in [0.15, 0.2) is 103 Å². The van der Waals surface area contributed by atoms with E-state index in [1.807, 2.05) is 50.2 Å². The fourth-order valence-electron chi connectivity index (χ4n) is 6.84. The third-order valence-electron chi connectivity index (χ3n) is 9.49. The van der Waals surface area contributed by atoms with Crippen LogP contribution in [0.2, 0.25) is 0 Å². The summed E-state index contributed by atoms with van der Waals surface area (Å²) in [6.07, 6.45) is 6.37. The Kier molecular flexibility index (Phi) is 12.4. The molecular formula is C42H48N2O4. The fraction of sp³-hybridized carbons (Fsp3) is 0.333. The second-order valence-corrected chi connectivity index (χ2v) is 12.7. The number of benzene rings is 4. The maximum atomic E-state index is 12.0. The molecule has 0 heterocycles. The Hall–Kier alpha value is -4.52. The summed E-state index contributed by atoms with van der Waals surface area (Å²) >= 11 is 0. The number of carbonyl (C=O) groups excluding carboxylic acids is 2. The number of aryl methyl sites for hydroxylation is 2. The molecular weight excluding hydrogens is 596 g/mol. The zero-order valence-corrected chi connectivity index (χ0v) is 28.2. The summed E-state index contributed by atoms with van der Waals surface area (Å²) in [5, 5.41) is 25.3. The summed E-state index contributed by atoms with van der Waals surface area (Å²) in [7, 11) is 0. The number of rotatable bonds is 10. The molecule has 0 aromatic heterocycles. The Morgan fingerprint density at radius 3 is 1.96 bits per heavy atom. The fourth-order valence-corrected chi connectivity index (χ4v) is 6.84. The highest BCUT2D eigenvalue weighted by atomic mass is 16.3. The van der Waals surface area contributed by atoms with E-state index in [4.69, 9.17) is 0 Å². The number of allylic oxidation sites excluding steroid dienone is 2. The molecule has 0 saturated carbocycles. The summed E-state index contributed by atoms with van der Waals surface area (Å²) in [5.41, 5.74) is 11.6. The molecule has 2 amide bonds. The molecule has 6 heteroatoms. The SMILES string of the molecule is CCC(=O)NC1=C(Cc2ccccc2)c2cc(CO)ccc2CC1.CCC(=O)N[C@H]1CCc2ccc(CO)cc2[C@H]1Cc1ccccc1. The van der Waals surface area contributed by atoms with Crippen LogP contribution < -0.4 is 10.6 Å². The Balaban J connectivity index is 0.000000188. The van der Waals surface area contributed by atoms with Crippen molar-refractivity contribution < 1.29 is 19.8 Å². The number of nitrogens with one attached hydrogen (secondary N) is 2. The van der Waals surface area contributed by atoms with E-state index in [9.17, 15) is 19.8 Å². The highest BCUT2D eigenvalue weighted by molar-refractivity contribution is 5.83. The lowest BCUT2D eigenvalue weighted by Crippen LogP contribution is -2.42.